The Balaban J connectivity index is 0.970. The fraction of sp³-hybridized carbons (Fsp3) is 0.350. The lowest BCUT2D eigenvalue weighted by molar-refractivity contribution is -0.141. The third-order valence-electron chi connectivity index (χ3n) is 10.6. The van der Waals surface area contributed by atoms with Crippen molar-refractivity contribution in [2.45, 2.75) is 50.4 Å². The quantitative estimate of drug-likeness (QED) is 0.180. The summed E-state index contributed by atoms with van der Waals surface area (Å²) in [5.74, 6) is -0.523. The number of unbranched alkanes of at least 4 members (excludes halogenated alkanes) is 1. The molecule has 2 amide bonds. The molecule has 9 heteroatoms. The van der Waals surface area contributed by atoms with Crippen LogP contribution in [0.1, 0.15) is 64.8 Å². The van der Waals surface area contributed by atoms with Crippen molar-refractivity contribution in [1.82, 2.24) is 15.1 Å². The Hall–Kier alpha value is -4.63. The van der Waals surface area contributed by atoms with Gasteiger partial charge in [0.1, 0.15) is 12.0 Å². The van der Waals surface area contributed by atoms with Crippen LogP contribution in [0, 0.1) is 0 Å². The Labute approximate surface area is 285 Å². The van der Waals surface area contributed by atoms with E-state index < -0.39 is 24.0 Å². The van der Waals surface area contributed by atoms with Crippen molar-refractivity contribution in [3.8, 4) is 11.1 Å². The smallest absolute Gasteiger partial charge is 0.369 e. The van der Waals surface area contributed by atoms with E-state index in [9.17, 15) is 22.8 Å². The Bertz CT molecular complexity index is 1790. The number of nitrogens with zero attached hydrogens (tertiary/aromatic N) is 3. The summed E-state index contributed by atoms with van der Waals surface area (Å²) in [5, 5.41) is 2.23. The van der Waals surface area contributed by atoms with Gasteiger partial charge in [0, 0.05) is 44.0 Å². The summed E-state index contributed by atoms with van der Waals surface area (Å²) in [6.07, 6.45) is -2.56. The molecule has 0 bridgehead atoms. The number of hydrogen-bond donors (Lipinski definition) is 1. The van der Waals surface area contributed by atoms with E-state index in [1.807, 2.05) is 77.7 Å². The lowest BCUT2D eigenvalue weighted by atomic mass is 9.73. The average molecular weight is 667 g/mol. The molecule has 3 aliphatic rings. The molecule has 0 spiro atoms. The van der Waals surface area contributed by atoms with E-state index in [0.29, 0.717) is 19.4 Å². The van der Waals surface area contributed by atoms with Gasteiger partial charge in [0.05, 0.1) is 6.04 Å². The van der Waals surface area contributed by atoms with Crippen molar-refractivity contribution in [3.63, 3.8) is 0 Å². The van der Waals surface area contributed by atoms with Crippen LogP contribution in [0.2, 0.25) is 0 Å². The van der Waals surface area contributed by atoms with Gasteiger partial charge in [0.25, 0.3) is 5.91 Å². The van der Waals surface area contributed by atoms with Crippen LogP contribution < -0.4 is 10.2 Å². The van der Waals surface area contributed by atoms with Gasteiger partial charge >= 0.3 is 6.18 Å². The fourth-order valence-electron chi connectivity index (χ4n) is 7.97. The molecule has 4 aromatic rings. The van der Waals surface area contributed by atoms with Gasteiger partial charge in [0.15, 0.2) is 0 Å². The maximum absolute atomic E-state index is 13.8. The number of benzene rings is 4. The summed E-state index contributed by atoms with van der Waals surface area (Å²) in [6, 6.07) is 31.6. The van der Waals surface area contributed by atoms with Crippen LogP contribution >= 0.6 is 0 Å². The van der Waals surface area contributed by atoms with Gasteiger partial charge in [0.2, 0.25) is 5.91 Å². The van der Waals surface area contributed by atoms with Crippen molar-refractivity contribution < 1.29 is 22.8 Å². The molecule has 49 heavy (non-hydrogen) atoms. The molecule has 7 rings (SSSR count). The number of fused-ring (bicyclic) bond motifs is 4. The lowest BCUT2D eigenvalue weighted by Crippen LogP contribution is -2.47. The third-order valence-corrected chi connectivity index (χ3v) is 10.6. The highest BCUT2D eigenvalue weighted by Gasteiger charge is 2.49. The summed E-state index contributed by atoms with van der Waals surface area (Å²) in [5.41, 5.74) is 6.22. The number of anilines is 1. The van der Waals surface area contributed by atoms with Crippen molar-refractivity contribution in [1.29, 1.82) is 0 Å². The molecule has 0 radical (unpaired) electrons. The van der Waals surface area contributed by atoms with E-state index in [2.05, 4.69) is 46.3 Å². The minimum atomic E-state index is -4.49. The van der Waals surface area contributed by atoms with Crippen LogP contribution in [0.4, 0.5) is 18.9 Å². The van der Waals surface area contributed by atoms with Crippen LogP contribution in [-0.2, 0) is 16.8 Å². The first kappa shape index (κ1) is 32.9. The Kier molecular flexibility index (Phi) is 8.96. The van der Waals surface area contributed by atoms with Crippen LogP contribution in [-0.4, -0.2) is 67.1 Å². The van der Waals surface area contributed by atoms with Gasteiger partial charge in [-0.05, 0) is 71.8 Å². The lowest BCUT2D eigenvalue weighted by Gasteiger charge is -2.36. The van der Waals surface area contributed by atoms with Crippen LogP contribution in [0.15, 0.2) is 97.1 Å². The first-order chi connectivity index (χ1) is 23.7. The highest BCUT2D eigenvalue weighted by molar-refractivity contribution is 6.01. The second-order valence-corrected chi connectivity index (χ2v) is 13.4. The molecule has 4 aromatic carbocycles. The molecule has 1 saturated heterocycles. The number of alkyl halides is 3. The van der Waals surface area contributed by atoms with Gasteiger partial charge in [-0.3, -0.25) is 14.5 Å². The average Bonchev–Trinajstić information content (AvgIpc) is 3.61. The molecular weight excluding hydrogens is 625 g/mol. The monoisotopic (exact) mass is 666 g/mol. The summed E-state index contributed by atoms with van der Waals surface area (Å²) in [6.45, 7) is 5.57. The van der Waals surface area contributed by atoms with E-state index in [1.54, 1.807) is 0 Å². The Morgan fingerprint density at radius 1 is 0.816 bits per heavy atom. The molecule has 0 aromatic heterocycles. The topological polar surface area (TPSA) is 55.9 Å². The number of rotatable bonds is 10. The van der Waals surface area contributed by atoms with Gasteiger partial charge < -0.3 is 15.1 Å². The SMILES string of the molecule is CC(c1ccccc1)N1Cc2ccc(N3CCN(CCCCC4(C(=O)NCC(F)(F)F)c5ccccc5-c5ccccc54)CC3)cc2C1=O. The second kappa shape index (κ2) is 13.3. The van der Waals surface area contributed by atoms with E-state index in [0.717, 1.165) is 83.8 Å². The Morgan fingerprint density at radius 3 is 2.10 bits per heavy atom. The number of nitrogens with one attached hydrogen (secondary N) is 1. The highest BCUT2D eigenvalue weighted by Crippen LogP contribution is 2.51. The van der Waals surface area contributed by atoms with Crippen LogP contribution in [0.3, 0.4) is 0 Å². The zero-order valence-corrected chi connectivity index (χ0v) is 27.7. The summed E-state index contributed by atoms with van der Waals surface area (Å²) >= 11 is 0. The molecular formula is C40H41F3N4O2. The minimum Gasteiger partial charge on any atom is -0.369 e. The standard InChI is InChI=1S/C40H41F3N4O2/c1-28(29-11-3-2-4-12-29)47-26-30-17-18-31(25-34(30)37(47)48)46-23-21-45(22-24-46)20-10-9-19-39(38(49)44-27-40(41,42)43)35-15-7-5-13-32(35)33-14-6-8-16-36(33)39/h2-8,11-18,25,28H,9-10,19-24,26-27H2,1H3,(H,44,49). The van der Waals surface area contributed by atoms with Crippen LogP contribution in [0.25, 0.3) is 11.1 Å². The first-order valence-electron chi connectivity index (χ1n) is 17.2. The van der Waals surface area contributed by atoms with Crippen molar-refractivity contribution >= 4 is 17.5 Å². The zero-order chi connectivity index (χ0) is 34.2. The molecule has 1 aliphatic carbocycles. The maximum Gasteiger partial charge on any atom is 0.405 e. The van der Waals surface area contributed by atoms with Crippen LogP contribution in [0.5, 0.6) is 0 Å². The number of carbonyl (C=O) groups is 2. The summed E-state index contributed by atoms with van der Waals surface area (Å²) in [7, 11) is 0. The van der Waals surface area contributed by atoms with E-state index in [-0.39, 0.29) is 11.9 Å². The highest BCUT2D eigenvalue weighted by atomic mass is 19.4. The molecule has 1 unspecified atom stereocenters. The molecule has 2 heterocycles. The minimum absolute atomic E-state index is 0.00426. The summed E-state index contributed by atoms with van der Waals surface area (Å²) < 4.78 is 39.6. The number of halogens is 3. The van der Waals surface area contributed by atoms with E-state index in [1.165, 1.54) is 0 Å². The summed E-state index contributed by atoms with van der Waals surface area (Å²) in [4.78, 5) is 33.9. The number of amides is 2. The van der Waals surface area contributed by atoms with Gasteiger partial charge in [-0.1, -0.05) is 91.3 Å². The first-order valence-corrected chi connectivity index (χ1v) is 17.2. The number of hydrogen-bond acceptors (Lipinski definition) is 4. The molecule has 2 aliphatic heterocycles. The van der Waals surface area contributed by atoms with Gasteiger partial charge in [-0.15, -0.1) is 0 Å². The fourth-order valence-corrected chi connectivity index (χ4v) is 7.97. The van der Waals surface area contributed by atoms with Crippen molar-refractivity contribution in [2.24, 2.45) is 0 Å². The normalized spacial score (nSPS) is 17.4. The molecule has 0 saturated carbocycles. The molecule has 6 nitrogen and oxygen atoms in total. The number of piperazine rings is 1. The molecule has 1 fully saturated rings. The molecule has 1 N–H and O–H groups in total. The Morgan fingerprint density at radius 2 is 1.45 bits per heavy atom. The van der Waals surface area contributed by atoms with E-state index >= 15 is 0 Å². The third kappa shape index (κ3) is 6.32. The van der Waals surface area contributed by atoms with Gasteiger partial charge in [-0.2, -0.15) is 13.2 Å². The van der Waals surface area contributed by atoms with E-state index in [4.69, 9.17) is 0 Å². The predicted octanol–water partition coefficient (Wildman–Crippen LogP) is 7.34. The zero-order valence-electron chi connectivity index (χ0n) is 27.7. The molecule has 1 atom stereocenters. The van der Waals surface area contributed by atoms with Gasteiger partial charge in [-0.25, -0.2) is 0 Å². The number of carbonyl (C=O) groups excluding carboxylic acids is 2. The largest absolute Gasteiger partial charge is 0.405 e. The maximum atomic E-state index is 13.8. The second-order valence-electron chi connectivity index (χ2n) is 13.4. The molecule has 254 valence electrons. The van der Waals surface area contributed by atoms with Crippen molar-refractivity contribution in [3.05, 3.63) is 125 Å². The van der Waals surface area contributed by atoms with Crippen molar-refractivity contribution in [2.75, 3.05) is 44.2 Å². The predicted molar refractivity (Wildman–Crippen MR) is 185 cm³/mol.